The molecule has 1 atom stereocenters. The molecule has 0 N–H and O–H groups in total. The maximum absolute atomic E-state index is 3.83. The molecule has 0 aromatic carbocycles. The van der Waals surface area contributed by atoms with Crippen molar-refractivity contribution in [2.75, 3.05) is 0 Å². The first-order valence-corrected chi connectivity index (χ1v) is 7.66. The minimum atomic E-state index is 0.708. The van der Waals surface area contributed by atoms with Crippen molar-refractivity contribution in [1.29, 1.82) is 0 Å². The van der Waals surface area contributed by atoms with Gasteiger partial charge in [-0.2, -0.15) is 0 Å². The van der Waals surface area contributed by atoms with E-state index in [0.717, 1.165) is 5.41 Å². The van der Waals surface area contributed by atoms with E-state index in [1.165, 1.54) is 56.9 Å². The summed E-state index contributed by atoms with van der Waals surface area (Å²) in [6, 6.07) is 0. The van der Waals surface area contributed by atoms with Gasteiger partial charge in [0.1, 0.15) is 0 Å². The fraction of sp³-hybridized carbons (Fsp3) is 0.882. The summed E-state index contributed by atoms with van der Waals surface area (Å²) in [6.45, 7) is 15.0. The quantitative estimate of drug-likeness (QED) is 0.488. The Balaban J connectivity index is 0.000000325. The van der Waals surface area contributed by atoms with Crippen molar-refractivity contribution in [1.82, 2.24) is 0 Å². The molecule has 1 rings (SSSR count). The molecular weight excluding hydrogens is 204 g/mol. The van der Waals surface area contributed by atoms with Gasteiger partial charge >= 0.3 is 0 Å². The summed E-state index contributed by atoms with van der Waals surface area (Å²) in [5.74, 6) is 0.708. The zero-order chi connectivity index (χ0) is 13.3. The van der Waals surface area contributed by atoms with E-state index in [-0.39, 0.29) is 0 Å². The number of hydrogen-bond donors (Lipinski definition) is 0. The molecular formula is C17H34. The summed E-state index contributed by atoms with van der Waals surface area (Å²) >= 11 is 0. The Morgan fingerprint density at radius 3 is 1.94 bits per heavy atom. The fourth-order valence-electron chi connectivity index (χ4n) is 2.78. The van der Waals surface area contributed by atoms with Crippen LogP contribution in [0.5, 0.6) is 0 Å². The summed E-state index contributed by atoms with van der Waals surface area (Å²) in [5, 5.41) is 0. The van der Waals surface area contributed by atoms with Gasteiger partial charge in [0, 0.05) is 0 Å². The maximum Gasteiger partial charge on any atom is -0.0240 e. The highest BCUT2D eigenvalue weighted by molar-refractivity contribution is 4.92. The van der Waals surface area contributed by atoms with Crippen LogP contribution in [0, 0.1) is 11.3 Å². The zero-order valence-corrected chi connectivity index (χ0v) is 12.9. The monoisotopic (exact) mass is 238 g/mol. The van der Waals surface area contributed by atoms with E-state index in [2.05, 4.69) is 41.2 Å². The molecule has 0 saturated heterocycles. The number of rotatable bonds is 5. The molecule has 0 bridgehead atoms. The molecule has 1 aliphatic rings. The summed E-state index contributed by atoms with van der Waals surface area (Å²) < 4.78 is 0. The van der Waals surface area contributed by atoms with Gasteiger partial charge in [0.25, 0.3) is 0 Å². The van der Waals surface area contributed by atoms with Gasteiger partial charge in [-0.25, -0.2) is 0 Å². The van der Waals surface area contributed by atoms with Crippen LogP contribution >= 0.6 is 0 Å². The average Bonchev–Trinajstić information content (AvgIpc) is 2.78. The third-order valence-electron chi connectivity index (χ3n) is 4.65. The van der Waals surface area contributed by atoms with Gasteiger partial charge in [-0.3, -0.25) is 0 Å². The predicted molar refractivity (Wildman–Crippen MR) is 80.4 cm³/mol. The molecule has 1 saturated carbocycles. The number of allylic oxidation sites excluding steroid dienone is 1. The van der Waals surface area contributed by atoms with Crippen LogP contribution in [0.25, 0.3) is 0 Å². The molecule has 1 fully saturated rings. The van der Waals surface area contributed by atoms with Crippen molar-refractivity contribution in [3.8, 4) is 0 Å². The summed E-state index contributed by atoms with van der Waals surface area (Å²) in [5.41, 5.74) is 2.08. The molecule has 0 nitrogen and oxygen atoms in total. The van der Waals surface area contributed by atoms with Crippen molar-refractivity contribution in [2.45, 2.75) is 86.0 Å². The van der Waals surface area contributed by atoms with Crippen LogP contribution < -0.4 is 0 Å². The van der Waals surface area contributed by atoms with E-state index < -0.39 is 0 Å². The molecule has 0 heteroatoms. The minimum absolute atomic E-state index is 0.708. The lowest BCUT2D eigenvalue weighted by atomic mass is 9.79. The highest BCUT2D eigenvalue weighted by atomic mass is 14.4. The molecule has 102 valence electrons. The highest BCUT2D eigenvalue weighted by Gasteiger charge is 2.30. The van der Waals surface area contributed by atoms with Crippen LogP contribution in [0.2, 0.25) is 0 Å². The van der Waals surface area contributed by atoms with Gasteiger partial charge in [0.15, 0.2) is 0 Å². The standard InChI is InChI=1S/C10H20.C7H14/c1-3-7-10(4-2)8-5-6-9-10;1-5-7(4)6(2)3/h3-9H2,1-2H3;7H,2,5H2,1,3-4H3. The first kappa shape index (κ1) is 16.7. The molecule has 0 aromatic heterocycles. The van der Waals surface area contributed by atoms with Crippen molar-refractivity contribution < 1.29 is 0 Å². The Bertz CT molecular complexity index is 196. The lowest BCUT2D eigenvalue weighted by Crippen LogP contribution is -2.13. The molecule has 1 unspecified atom stereocenters. The number of hydrogen-bond acceptors (Lipinski definition) is 0. The molecule has 0 aliphatic heterocycles. The third kappa shape index (κ3) is 6.29. The van der Waals surface area contributed by atoms with E-state index in [0.29, 0.717) is 5.92 Å². The minimum Gasteiger partial charge on any atom is -0.0999 e. The van der Waals surface area contributed by atoms with Crippen molar-refractivity contribution in [2.24, 2.45) is 11.3 Å². The van der Waals surface area contributed by atoms with Crippen LogP contribution in [0.4, 0.5) is 0 Å². The molecule has 0 aromatic rings. The Kier molecular flexibility index (Phi) is 8.64. The second kappa shape index (κ2) is 8.78. The zero-order valence-electron chi connectivity index (χ0n) is 12.9. The maximum atomic E-state index is 3.83. The van der Waals surface area contributed by atoms with Gasteiger partial charge in [0.2, 0.25) is 0 Å². The fourth-order valence-corrected chi connectivity index (χ4v) is 2.78. The normalized spacial score (nSPS) is 19.4. The summed E-state index contributed by atoms with van der Waals surface area (Å²) in [4.78, 5) is 0. The van der Waals surface area contributed by atoms with Crippen LogP contribution in [-0.2, 0) is 0 Å². The van der Waals surface area contributed by atoms with Crippen LogP contribution in [0.3, 0.4) is 0 Å². The smallest absolute Gasteiger partial charge is 0.0240 e. The van der Waals surface area contributed by atoms with Gasteiger partial charge in [-0.05, 0) is 43.9 Å². The topological polar surface area (TPSA) is 0 Å². The van der Waals surface area contributed by atoms with Crippen molar-refractivity contribution in [3.05, 3.63) is 12.2 Å². The van der Waals surface area contributed by atoms with Crippen LogP contribution in [0.1, 0.15) is 86.0 Å². The molecule has 0 spiro atoms. The van der Waals surface area contributed by atoms with Gasteiger partial charge in [0.05, 0.1) is 0 Å². The highest BCUT2D eigenvalue weighted by Crippen LogP contribution is 2.44. The van der Waals surface area contributed by atoms with E-state index >= 15 is 0 Å². The molecule has 0 amide bonds. The summed E-state index contributed by atoms with van der Waals surface area (Å²) in [6.07, 6.45) is 11.5. The third-order valence-corrected chi connectivity index (χ3v) is 4.65. The predicted octanol–water partition coefficient (Wildman–Crippen LogP) is 6.37. The second-order valence-corrected chi connectivity index (χ2v) is 5.97. The molecule has 0 heterocycles. The van der Waals surface area contributed by atoms with Gasteiger partial charge < -0.3 is 0 Å². The lowest BCUT2D eigenvalue weighted by Gasteiger charge is -2.26. The van der Waals surface area contributed by atoms with E-state index in [9.17, 15) is 0 Å². The molecule has 0 radical (unpaired) electrons. The second-order valence-electron chi connectivity index (χ2n) is 5.97. The largest absolute Gasteiger partial charge is 0.0999 e. The Morgan fingerprint density at radius 1 is 1.18 bits per heavy atom. The molecule has 1 aliphatic carbocycles. The van der Waals surface area contributed by atoms with Gasteiger partial charge in [-0.15, -0.1) is 0 Å². The van der Waals surface area contributed by atoms with E-state index in [1.54, 1.807) is 0 Å². The van der Waals surface area contributed by atoms with Gasteiger partial charge in [-0.1, -0.05) is 65.5 Å². The first-order chi connectivity index (χ1) is 8.01. The first-order valence-electron chi connectivity index (χ1n) is 7.66. The van der Waals surface area contributed by atoms with E-state index in [1.807, 2.05) is 0 Å². The van der Waals surface area contributed by atoms with Crippen molar-refractivity contribution in [3.63, 3.8) is 0 Å². The lowest BCUT2D eigenvalue weighted by molar-refractivity contribution is 0.257. The van der Waals surface area contributed by atoms with Crippen LogP contribution in [0.15, 0.2) is 12.2 Å². The Labute approximate surface area is 110 Å². The van der Waals surface area contributed by atoms with Crippen LogP contribution in [-0.4, -0.2) is 0 Å². The molecule has 17 heavy (non-hydrogen) atoms. The Morgan fingerprint density at radius 2 is 1.71 bits per heavy atom. The average molecular weight is 238 g/mol. The summed E-state index contributed by atoms with van der Waals surface area (Å²) in [7, 11) is 0. The van der Waals surface area contributed by atoms with Crippen molar-refractivity contribution >= 4 is 0 Å². The SMILES string of the molecule is C=C(C)C(C)CC.CCCC1(CC)CCCC1. The Hall–Kier alpha value is -0.260. The van der Waals surface area contributed by atoms with E-state index in [4.69, 9.17) is 0 Å².